The lowest BCUT2D eigenvalue weighted by molar-refractivity contribution is 0.0118. The summed E-state index contributed by atoms with van der Waals surface area (Å²) in [4.78, 5) is 98.2. The highest BCUT2D eigenvalue weighted by molar-refractivity contribution is 7.90. The van der Waals surface area contributed by atoms with Gasteiger partial charge in [0.15, 0.2) is 10.1 Å². The molecule has 8 heterocycles. The standard InChI is InChI=1S/C42H55FN6O7S.C32H45N5O6S.C10H12FNO2.CH4/c1-40(2,3)33-20-18-31(36(43)45-33)37(50)47-57(53,54)35-16-12-15-34(46-35)44-32(19-17-29-25-42(7,8)49(26-29)39(52)56-41(4,5)6)30-21-23-48(24-22-30)38(51)55-27-28-13-10-9-11-14-28;1-31(2,3)43-30(39)37-21-24(20-32(37,4)5)14-15-26(34-27-12-9-13-28(35-27)44(33,40)41)25-16-18-36(19-17-25)29(38)42-22-23-10-7-6-8-11-23;1-10(2,3)7-5-4-6(9(13)14)8(11)12-7;/h9-16,18,20-21,29,32H,17,19,22-27H2,1-8H3,(H,44,46)(H,47,50);6-13,16,24,26H,14-15,17-22H2,1-5H3,(H,34,35)(H2,33,40,41);4-5H,1-3H3,(H,13,14);1H4/t29-,32?;24-,26?;;/m00../s1. The van der Waals surface area contributed by atoms with E-state index in [1.165, 1.54) is 42.5 Å². The van der Waals surface area contributed by atoms with Gasteiger partial charge in [0.1, 0.15) is 41.6 Å². The van der Waals surface area contributed by atoms with Gasteiger partial charge in [-0.2, -0.15) is 17.2 Å². The molecule has 2 aromatic carbocycles. The van der Waals surface area contributed by atoms with Crippen LogP contribution in [0.4, 0.5) is 39.6 Å². The summed E-state index contributed by atoms with van der Waals surface area (Å²) < 4.78 is 103. The molecule has 0 saturated carbocycles. The predicted octanol–water partition coefficient (Wildman–Crippen LogP) is 15.7. The number of hydrogen-bond acceptors (Lipinski definition) is 20. The molecule has 6 aromatic rings. The van der Waals surface area contributed by atoms with Crippen LogP contribution in [0.15, 0.2) is 155 Å². The first-order valence-corrected chi connectivity index (χ1v) is 41.5. The number of likely N-dealkylation sites (tertiary alicyclic amines) is 2. The first-order chi connectivity index (χ1) is 53.5. The fourth-order valence-electron chi connectivity index (χ4n) is 13.8. The Morgan fingerprint density at radius 1 is 0.534 bits per heavy atom. The molecule has 27 nitrogen and oxygen atoms in total. The van der Waals surface area contributed by atoms with Crippen LogP contribution >= 0.6 is 0 Å². The second kappa shape index (κ2) is 38.7. The Kier molecular flexibility index (Phi) is 31.1. The third-order valence-electron chi connectivity index (χ3n) is 19.8. The van der Waals surface area contributed by atoms with Gasteiger partial charge >= 0.3 is 30.3 Å². The second-order valence-corrected chi connectivity index (χ2v) is 37.7. The number of benzene rings is 2. The molecule has 6 N–H and O–H groups in total. The van der Waals surface area contributed by atoms with Crippen molar-refractivity contribution in [3.63, 3.8) is 0 Å². The molecule has 2 saturated heterocycles. The first-order valence-electron chi connectivity index (χ1n) is 38.5. The summed E-state index contributed by atoms with van der Waals surface area (Å²) in [7, 11) is -8.49. The number of hydrogen-bond donors (Lipinski definition) is 5. The first kappa shape index (κ1) is 93.0. The number of nitrogens with two attached hydrogens (primary N) is 1. The molecule has 632 valence electrons. The van der Waals surface area contributed by atoms with Crippen LogP contribution in [0, 0.1) is 23.7 Å². The number of anilines is 2. The number of carbonyl (C=O) groups excluding carboxylic acids is 5. The van der Waals surface area contributed by atoms with Gasteiger partial charge in [-0.15, -0.1) is 0 Å². The Hall–Kier alpha value is -10.1. The molecule has 4 atom stereocenters. The van der Waals surface area contributed by atoms with E-state index in [2.05, 4.69) is 44.4 Å². The molecule has 4 aromatic heterocycles. The van der Waals surface area contributed by atoms with Crippen LogP contribution in [0.3, 0.4) is 0 Å². The summed E-state index contributed by atoms with van der Waals surface area (Å²) in [6.07, 6.45) is 8.16. The Balaban J connectivity index is 0.000000278. The molecule has 10 rings (SSSR count). The average Bonchev–Trinajstić information content (AvgIpc) is 1.28. The summed E-state index contributed by atoms with van der Waals surface area (Å²) >= 11 is 0. The molecule has 4 aliphatic rings. The van der Waals surface area contributed by atoms with E-state index in [1.807, 2.05) is 179 Å². The predicted molar refractivity (Wildman–Crippen MR) is 439 cm³/mol. The number of ether oxygens (including phenoxy) is 4. The highest BCUT2D eigenvalue weighted by atomic mass is 32.2. The summed E-state index contributed by atoms with van der Waals surface area (Å²) in [5.74, 6) is -3.42. The number of aromatic nitrogens is 4. The molecule has 5 amide bonds. The second-order valence-electron chi connectivity index (χ2n) is 34.6. The number of rotatable bonds is 21. The zero-order chi connectivity index (χ0) is 84.8. The van der Waals surface area contributed by atoms with Crippen LogP contribution in [-0.4, -0.2) is 171 Å². The maximum Gasteiger partial charge on any atom is 0.410 e. The van der Waals surface area contributed by atoms with Crippen molar-refractivity contribution in [2.75, 3.05) is 49.9 Å². The van der Waals surface area contributed by atoms with E-state index in [4.69, 9.17) is 29.2 Å². The fourth-order valence-corrected chi connectivity index (χ4v) is 15.2. The molecule has 2 unspecified atom stereocenters. The minimum absolute atomic E-state index is 0. The Morgan fingerprint density at radius 3 is 1.28 bits per heavy atom. The number of aromatic carboxylic acids is 1. The number of amides is 5. The Bertz CT molecular complexity index is 4740. The van der Waals surface area contributed by atoms with Crippen molar-refractivity contribution in [2.24, 2.45) is 17.0 Å². The van der Waals surface area contributed by atoms with Crippen molar-refractivity contribution >= 4 is 67.9 Å². The minimum Gasteiger partial charge on any atom is -0.478 e. The maximum atomic E-state index is 14.9. The van der Waals surface area contributed by atoms with Crippen molar-refractivity contribution in [1.29, 1.82) is 0 Å². The van der Waals surface area contributed by atoms with Crippen molar-refractivity contribution < 1.29 is 78.4 Å². The van der Waals surface area contributed by atoms with Gasteiger partial charge in [0.2, 0.25) is 11.9 Å². The lowest BCUT2D eigenvalue weighted by Crippen LogP contribution is -2.45. The van der Waals surface area contributed by atoms with E-state index in [1.54, 1.807) is 32.9 Å². The van der Waals surface area contributed by atoms with E-state index in [0.717, 1.165) is 48.0 Å². The van der Waals surface area contributed by atoms with Crippen LogP contribution in [0.5, 0.6) is 0 Å². The zero-order valence-corrected chi connectivity index (χ0v) is 70.3. The summed E-state index contributed by atoms with van der Waals surface area (Å²) in [5.41, 5.74) is 1.25. The monoisotopic (exact) mass is 1650 g/mol. The van der Waals surface area contributed by atoms with Gasteiger partial charge in [-0.3, -0.25) is 4.79 Å². The fraction of sp³-hybridized carbons (Fsp3) is 0.506. The maximum absolute atomic E-state index is 14.9. The molecule has 31 heteroatoms. The highest BCUT2D eigenvalue weighted by Gasteiger charge is 2.45. The molecule has 4 aliphatic heterocycles. The van der Waals surface area contributed by atoms with Crippen LogP contribution in [0.25, 0.3) is 0 Å². The van der Waals surface area contributed by atoms with E-state index >= 15 is 0 Å². The molecule has 2 fully saturated rings. The zero-order valence-electron chi connectivity index (χ0n) is 68.7. The molecule has 116 heavy (non-hydrogen) atoms. The lowest BCUT2D eigenvalue weighted by atomic mass is 9.89. The number of primary sulfonamides is 1. The SMILES string of the molecule is C.CC(C)(C)OC(=O)N1C[C@@H](CCC(Nc2cccc(S(=O)(=O)NC(=O)c3ccc(C(C)(C)C)nc3F)n2)C2=CCN(C(=O)OCc3ccccc3)CC2)CC1(C)C.CC(C)(C)OC(=O)N1C[C@@H](CCC(Nc2cccc(S(N)(=O)=O)n2)C2=CCN(C(=O)OCc3ccccc3)CC2)CC1(C)C.CC(C)(C)c1ccc(C(=O)O)c(F)n1. The lowest BCUT2D eigenvalue weighted by Gasteiger charge is -2.33. The third kappa shape index (κ3) is 27.2. The molecule has 0 bridgehead atoms. The van der Waals surface area contributed by atoms with Gasteiger partial charge in [-0.25, -0.2) is 62.2 Å². The van der Waals surface area contributed by atoms with E-state index < -0.39 is 88.2 Å². The van der Waals surface area contributed by atoms with Crippen molar-refractivity contribution in [3.8, 4) is 0 Å². The molecule has 0 radical (unpaired) electrons. The minimum atomic E-state index is -4.52. The van der Waals surface area contributed by atoms with Crippen LogP contribution in [-0.2, 0) is 63.0 Å². The van der Waals surface area contributed by atoms with Crippen molar-refractivity contribution in [1.82, 2.24) is 44.3 Å². The number of halogens is 2. The topological polar surface area (TPSA) is 354 Å². The number of sulfonamides is 2. The number of nitrogens with one attached hydrogen (secondary N) is 3. The van der Waals surface area contributed by atoms with Crippen molar-refractivity contribution in [2.45, 2.75) is 238 Å². The van der Waals surface area contributed by atoms with Crippen LogP contribution < -0.4 is 20.5 Å². The van der Waals surface area contributed by atoms with Crippen molar-refractivity contribution in [3.05, 3.63) is 190 Å². The van der Waals surface area contributed by atoms with E-state index in [-0.39, 0.29) is 84.6 Å². The van der Waals surface area contributed by atoms with Gasteiger partial charge in [-0.05, 0) is 203 Å². The number of carbonyl (C=O) groups is 6. The summed E-state index contributed by atoms with van der Waals surface area (Å²) in [5, 5.41) is 20.1. The molecular formula is C85H116F2N12O15S2. The average molecular weight is 1650 g/mol. The van der Waals surface area contributed by atoms with Crippen LogP contribution in [0.1, 0.15) is 213 Å². The molecule has 0 aliphatic carbocycles. The molecular weight excluding hydrogens is 1530 g/mol. The van der Waals surface area contributed by atoms with Crippen LogP contribution in [0.2, 0.25) is 0 Å². The largest absolute Gasteiger partial charge is 0.478 e. The van der Waals surface area contributed by atoms with Gasteiger partial charge in [0.25, 0.3) is 26.0 Å². The number of carboxylic acids is 1. The van der Waals surface area contributed by atoms with E-state index in [9.17, 15) is 54.4 Å². The van der Waals surface area contributed by atoms with Gasteiger partial charge in [0, 0.05) is 84.6 Å². The number of nitrogens with zero attached hydrogens (tertiary/aromatic N) is 8. The van der Waals surface area contributed by atoms with E-state index in [0.29, 0.717) is 82.2 Å². The summed E-state index contributed by atoms with van der Waals surface area (Å²) in [6.45, 7) is 33.6. The number of carboxylic acid groups (broad SMARTS) is 1. The number of pyridine rings is 4. The quantitative estimate of drug-likeness (QED) is 0.0254. The van der Waals surface area contributed by atoms with Gasteiger partial charge in [0.05, 0.1) is 5.56 Å². The third-order valence-corrected chi connectivity index (χ3v) is 21.8. The molecule has 0 spiro atoms. The van der Waals surface area contributed by atoms with Gasteiger partial charge in [-0.1, -0.05) is 134 Å². The Morgan fingerprint density at radius 2 is 0.922 bits per heavy atom. The van der Waals surface area contributed by atoms with Gasteiger partial charge < -0.3 is 54.3 Å². The Labute approximate surface area is 682 Å². The smallest absolute Gasteiger partial charge is 0.410 e. The normalized spacial score (nSPS) is 17.4. The highest BCUT2D eigenvalue weighted by Crippen LogP contribution is 2.40. The summed E-state index contributed by atoms with van der Waals surface area (Å²) in [6, 6.07) is 33.0.